The predicted molar refractivity (Wildman–Crippen MR) is 216 cm³/mol. The van der Waals surface area contributed by atoms with E-state index in [1.165, 1.54) is 231 Å². The van der Waals surface area contributed by atoms with Crippen molar-refractivity contribution in [1.29, 1.82) is 0 Å². The van der Waals surface area contributed by atoms with Gasteiger partial charge >= 0.3 is 11.9 Å². The van der Waals surface area contributed by atoms with Gasteiger partial charge in [0.1, 0.15) is 0 Å². The Bertz CT molecular complexity index is 644. The zero-order valence-corrected chi connectivity index (χ0v) is 33.9. The molecule has 49 heavy (non-hydrogen) atoms. The number of unbranched alkanes of at least 4 members (excludes halogenated alkanes) is 38. The van der Waals surface area contributed by atoms with Gasteiger partial charge in [-0.3, -0.25) is 9.59 Å². The minimum atomic E-state index is -0.321. The van der Waals surface area contributed by atoms with Gasteiger partial charge in [-0.1, -0.05) is 258 Å². The molecular formula is C46H90O3. The third-order valence-corrected chi connectivity index (χ3v) is 10.7. The molecular weight excluding hydrogens is 601 g/mol. The van der Waals surface area contributed by atoms with Crippen molar-refractivity contribution in [3.63, 3.8) is 0 Å². The van der Waals surface area contributed by atoms with Gasteiger partial charge in [0.15, 0.2) is 0 Å². The van der Waals surface area contributed by atoms with Crippen molar-refractivity contribution in [2.75, 3.05) is 0 Å². The first-order valence-corrected chi connectivity index (χ1v) is 22.9. The molecule has 0 saturated carbocycles. The minimum Gasteiger partial charge on any atom is -0.393 e. The lowest BCUT2D eigenvalue weighted by Crippen LogP contribution is -2.11. The number of hydrogen-bond donors (Lipinski definition) is 0. The molecule has 0 aromatic rings. The molecule has 0 aromatic carbocycles. The molecule has 0 spiro atoms. The van der Waals surface area contributed by atoms with Crippen molar-refractivity contribution >= 4 is 11.9 Å². The van der Waals surface area contributed by atoms with Gasteiger partial charge in [-0.05, 0) is 12.8 Å². The van der Waals surface area contributed by atoms with Crippen molar-refractivity contribution in [2.45, 2.75) is 284 Å². The zero-order chi connectivity index (χ0) is 35.6. The van der Waals surface area contributed by atoms with E-state index in [0.29, 0.717) is 12.8 Å². The Morgan fingerprint density at radius 1 is 0.245 bits per heavy atom. The summed E-state index contributed by atoms with van der Waals surface area (Å²) in [7, 11) is 0. The van der Waals surface area contributed by atoms with E-state index in [4.69, 9.17) is 4.74 Å². The summed E-state index contributed by atoms with van der Waals surface area (Å²) in [6.07, 6.45) is 54.9. The molecule has 0 bridgehead atoms. The highest BCUT2D eigenvalue weighted by Gasteiger charge is 2.10. The fourth-order valence-corrected chi connectivity index (χ4v) is 7.28. The molecule has 0 saturated heterocycles. The molecule has 0 N–H and O–H groups in total. The number of hydrogen-bond acceptors (Lipinski definition) is 3. The number of carbonyl (C=O) groups excluding carboxylic acids is 2. The van der Waals surface area contributed by atoms with Crippen LogP contribution in [0.15, 0.2) is 0 Å². The van der Waals surface area contributed by atoms with Gasteiger partial charge in [0.25, 0.3) is 0 Å². The van der Waals surface area contributed by atoms with Crippen LogP contribution < -0.4 is 0 Å². The Morgan fingerprint density at radius 2 is 0.388 bits per heavy atom. The molecule has 0 unspecified atom stereocenters. The summed E-state index contributed by atoms with van der Waals surface area (Å²) in [6.45, 7) is 4.57. The van der Waals surface area contributed by atoms with Crippen molar-refractivity contribution in [3.8, 4) is 0 Å². The number of ether oxygens (including phenoxy) is 1. The van der Waals surface area contributed by atoms with E-state index in [1.807, 2.05) is 0 Å². The molecule has 0 aliphatic heterocycles. The second-order valence-electron chi connectivity index (χ2n) is 15.8. The third-order valence-electron chi connectivity index (χ3n) is 10.7. The van der Waals surface area contributed by atoms with E-state index in [2.05, 4.69) is 13.8 Å². The molecule has 0 aliphatic carbocycles. The highest BCUT2D eigenvalue weighted by atomic mass is 16.6. The van der Waals surface area contributed by atoms with E-state index in [9.17, 15) is 9.59 Å². The van der Waals surface area contributed by atoms with Crippen molar-refractivity contribution in [3.05, 3.63) is 0 Å². The normalized spacial score (nSPS) is 11.4. The van der Waals surface area contributed by atoms with Crippen LogP contribution in [0.3, 0.4) is 0 Å². The van der Waals surface area contributed by atoms with Gasteiger partial charge in [-0.2, -0.15) is 0 Å². The van der Waals surface area contributed by atoms with Crippen molar-refractivity contribution in [1.82, 2.24) is 0 Å². The summed E-state index contributed by atoms with van der Waals surface area (Å²) >= 11 is 0. The summed E-state index contributed by atoms with van der Waals surface area (Å²) in [4.78, 5) is 24.0. The smallest absolute Gasteiger partial charge is 0.313 e. The molecule has 0 amide bonds. The maximum Gasteiger partial charge on any atom is 0.313 e. The fourth-order valence-electron chi connectivity index (χ4n) is 7.28. The first kappa shape index (κ1) is 48.1. The lowest BCUT2D eigenvalue weighted by molar-refractivity contribution is -0.159. The SMILES string of the molecule is CCCCCCCCCCCCCCCCCCCCCCCCCCCCCC(=O)OC(=O)CCCCCCCCCCCCCCC. The average Bonchev–Trinajstić information content (AvgIpc) is 3.10. The zero-order valence-electron chi connectivity index (χ0n) is 33.9. The lowest BCUT2D eigenvalue weighted by atomic mass is 10.0. The summed E-state index contributed by atoms with van der Waals surface area (Å²) < 4.78 is 5.04. The second-order valence-corrected chi connectivity index (χ2v) is 15.8. The van der Waals surface area contributed by atoms with Crippen molar-refractivity contribution in [2.24, 2.45) is 0 Å². The largest absolute Gasteiger partial charge is 0.393 e. The molecule has 0 heterocycles. The van der Waals surface area contributed by atoms with E-state index in [0.717, 1.165) is 25.7 Å². The molecule has 0 rings (SSSR count). The van der Waals surface area contributed by atoms with Crippen LogP contribution in [0.5, 0.6) is 0 Å². The first-order valence-electron chi connectivity index (χ1n) is 22.9. The van der Waals surface area contributed by atoms with E-state index in [-0.39, 0.29) is 11.9 Å². The molecule has 0 radical (unpaired) electrons. The predicted octanol–water partition coefficient (Wildman–Crippen LogP) is 16.5. The van der Waals surface area contributed by atoms with Crippen molar-refractivity contribution < 1.29 is 14.3 Å². The topological polar surface area (TPSA) is 43.4 Å². The van der Waals surface area contributed by atoms with Crippen LogP contribution in [0, 0.1) is 0 Å². The monoisotopic (exact) mass is 691 g/mol. The molecule has 0 aromatic heterocycles. The highest BCUT2D eigenvalue weighted by Crippen LogP contribution is 2.17. The van der Waals surface area contributed by atoms with Crippen LogP contribution in [0.1, 0.15) is 284 Å². The van der Waals surface area contributed by atoms with Gasteiger partial charge in [0.05, 0.1) is 0 Å². The number of carbonyl (C=O) groups is 2. The summed E-state index contributed by atoms with van der Waals surface area (Å²) in [5.74, 6) is -0.641. The van der Waals surface area contributed by atoms with Gasteiger partial charge in [0.2, 0.25) is 0 Å². The standard InChI is InChI=1S/C46H90O3/c1-3-5-7-9-11-13-15-17-18-19-20-21-22-23-24-25-26-27-28-29-30-32-34-36-38-40-42-44-46(48)49-45(47)43-41-39-37-35-33-31-16-14-12-10-8-6-4-2/h3-44H2,1-2H3. The van der Waals surface area contributed by atoms with Crippen LogP contribution in [0.4, 0.5) is 0 Å². The fraction of sp³-hybridized carbons (Fsp3) is 0.957. The number of rotatable bonds is 42. The maximum atomic E-state index is 12.0. The van der Waals surface area contributed by atoms with Crippen LogP contribution in [0.2, 0.25) is 0 Å². The van der Waals surface area contributed by atoms with Gasteiger partial charge in [-0.25, -0.2) is 0 Å². The summed E-state index contributed by atoms with van der Waals surface area (Å²) in [5.41, 5.74) is 0. The molecule has 0 fully saturated rings. The Labute approximate surface area is 309 Å². The quantitative estimate of drug-likeness (QED) is 0.0364. The van der Waals surface area contributed by atoms with Gasteiger partial charge in [0, 0.05) is 12.8 Å². The molecule has 0 atom stereocenters. The van der Waals surface area contributed by atoms with Gasteiger partial charge < -0.3 is 4.74 Å². The Hall–Kier alpha value is -0.860. The molecule has 3 nitrogen and oxygen atoms in total. The molecule has 3 heteroatoms. The summed E-state index contributed by atoms with van der Waals surface area (Å²) in [6, 6.07) is 0. The number of esters is 2. The molecule has 0 aliphatic rings. The van der Waals surface area contributed by atoms with Crippen LogP contribution >= 0.6 is 0 Å². The minimum absolute atomic E-state index is 0.320. The van der Waals surface area contributed by atoms with E-state index < -0.39 is 0 Å². The third kappa shape index (κ3) is 43.2. The molecule has 292 valence electrons. The van der Waals surface area contributed by atoms with Crippen LogP contribution in [-0.4, -0.2) is 11.9 Å². The Morgan fingerprint density at radius 3 is 0.551 bits per heavy atom. The van der Waals surface area contributed by atoms with E-state index in [1.54, 1.807) is 0 Å². The van der Waals surface area contributed by atoms with Crippen LogP contribution in [-0.2, 0) is 14.3 Å². The highest BCUT2D eigenvalue weighted by molar-refractivity contribution is 5.85. The Kier molecular flexibility index (Phi) is 42.5. The Balaban J connectivity index is 3.22. The first-order chi connectivity index (χ1) is 24.2. The summed E-state index contributed by atoms with van der Waals surface area (Å²) in [5, 5.41) is 0. The van der Waals surface area contributed by atoms with Crippen LogP contribution in [0.25, 0.3) is 0 Å². The second kappa shape index (κ2) is 43.3. The maximum absolute atomic E-state index is 12.0. The average molecular weight is 691 g/mol. The lowest BCUT2D eigenvalue weighted by Gasteiger charge is -2.05. The van der Waals surface area contributed by atoms with Gasteiger partial charge in [-0.15, -0.1) is 0 Å². The van der Waals surface area contributed by atoms with E-state index >= 15 is 0 Å².